The molecule has 1 aromatic heterocycles. The number of hydrogen-bond acceptors (Lipinski definition) is 6. The molecule has 0 radical (unpaired) electrons. The number of aromatic nitrogens is 2. The van der Waals surface area contributed by atoms with Crippen molar-refractivity contribution in [1.29, 1.82) is 0 Å². The molecule has 0 bridgehead atoms. The molecule has 100 valence electrons. The summed E-state index contributed by atoms with van der Waals surface area (Å²) in [4.78, 5) is 7.94. The van der Waals surface area contributed by atoms with Gasteiger partial charge in [-0.2, -0.15) is 0 Å². The highest BCUT2D eigenvalue weighted by atomic mass is 16.5. The van der Waals surface area contributed by atoms with Crippen LogP contribution in [0.15, 0.2) is 24.5 Å². The van der Waals surface area contributed by atoms with Crippen molar-refractivity contribution >= 4 is 5.82 Å². The van der Waals surface area contributed by atoms with Crippen molar-refractivity contribution in [3.63, 3.8) is 0 Å². The van der Waals surface area contributed by atoms with Gasteiger partial charge in [0.2, 0.25) is 5.88 Å². The van der Waals surface area contributed by atoms with E-state index < -0.39 is 0 Å². The third kappa shape index (κ3) is 2.85. The van der Waals surface area contributed by atoms with Gasteiger partial charge in [0, 0.05) is 18.2 Å². The zero-order valence-electron chi connectivity index (χ0n) is 11.0. The lowest BCUT2D eigenvalue weighted by molar-refractivity contribution is 0.384. The van der Waals surface area contributed by atoms with Crippen LogP contribution < -0.4 is 19.9 Å². The Kier molecular flexibility index (Phi) is 3.70. The maximum absolute atomic E-state index is 5.71. The number of nitrogens with zero attached hydrogens (tertiary/aromatic N) is 2. The number of anilines is 1. The van der Waals surface area contributed by atoms with Crippen LogP contribution in [0.3, 0.4) is 0 Å². The van der Waals surface area contributed by atoms with E-state index in [0.717, 1.165) is 0 Å². The molecule has 0 saturated heterocycles. The van der Waals surface area contributed by atoms with Crippen molar-refractivity contribution in [1.82, 2.24) is 9.97 Å². The zero-order chi connectivity index (χ0) is 13.8. The minimum Gasteiger partial charge on any atom is -0.496 e. The van der Waals surface area contributed by atoms with E-state index >= 15 is 0 Å². The Hall–Kier alpha value is -2.50. The van der Waals surface area contributed by atoms with E-state index in [1.165, 1.54) is 6.33 Å². The molecule has 2 N–H and O–H groups in total. The average Bonchev–Trinajstić information content (AvgIpc) is 2.43. The second-order valence-corrected chi connectivity index (χ2v) is 3.84. The quantitative estimate of drug-likeness (QED) is 0.908. The van der Waals surface area contributed by atoms with E-state index in [1.54, 1.807) is 39.3 Å². The van der Waals surface area contributed by atoms with Crippen molar-refractivity contribution in [2.45, 2.75) is 6.92 Å². The number of hydrogen-bond donors (Lipinski definition) is 1. The van der Waals surface area contributed by atoms with Gasteiger partial charge in [-0.25, -0.2) is 9.97 Å². The van der Waals surface area contributed by atoms with E-state index in [2.05, 4.69) is 9.97 Å². The summed E-state index contributed by atoms with van der Waals surface area (Å²) in [6.07, 6.45) is 1.36. The van der Waals surface area contributed by atoms with Crippen LogP contribution in [0, 0.1) is 6.92 Å². The van der Waals surface area contributed by atoms with Crippen molar-refractivity contribution in [3.8, 4) is 23.1 Å². The Labute approximate surface area is 111 Å². The van der Waals surface area contributed by atoms with Gasteiger partial charge in [-0.1, -0.05) is 0 Å². The number of nitrogens with two attached hydrogens (primary N) is 1. The van der Waals surface area contributed by atoms with Gasteiger partial charge in [-0.05, 0) is 6.92 Å². The van der Waals surface area contributed by atoms with Gasteiger partial charge in [0.1, 0.15) is 29.4 Å². The van der Waals surface area contributed by atoms with Crippen LogP contribution in [0.5, 0.6) is 23.1 Å². The molecule has 0 amide bonds. The number of ether oxygens (including phenoxy) is 3. The van der Waals surface area contributed by atoms with Crippen LogP contribution in [0.2, 0.25) is 0 Å². The number of nitrogen functional groups attached to an aromatic ring is 1. The fraction of sp³-hybridized carbons (Fsp3) is 0.231. The second kappa shape index (κ2) is 5.43. The van der Waals surface area contributed by atoms with Crippen molar-refractivity contribution < 1.29 is 14.2 Å². The van der Waals surface area contributed by atoms with Crippen LogP contribution in [0.4, 0.5) is 5.82 Å². The van der Waals surface area contributed by atoms with E-state index in [9.17, 15) is 0 Å². The minimum absolute atomic E-state index is 0.389. The topological polar surface area (TPSA) is 79.5 Å². The average molecular weight is 261 g/mol. The maximum Gasteiger partial charge on any atom is 0.227 e. The van der Waals surface area contributed by atoms with Gasteiger partial charge in [0.25, 0.3) is 0 Å². The number of benzene rings is 1. The van der Waals surface area contributed by atoms with Gasteiger partial charge >= 0.3 is 0 Å². The van der Waals surface area contributed by atoms with Gasteiger partial charge in [-0.3, -0.25) is 0 Å². The van der Waals surface area contributed by atoms with Gasteiger partial charge in [-0.15, -0.1) is 0 Å². The molecule has 2 aromatic rings. The fourth-order valence-corrected chi connectivity index (χ4v) is 1.50. The lowest BCUT2D eigenvalue weighted by Crippen LogP contribution is -1.99. The summed E-state index contributed by atoms with van der Waals surface area (Å²) >= 11 is 0. The molecule has 0 unspecified atom stereocenters. The number of methoxy groups -OCH3 is 2. The number of rotatable bonds is 4. The third-order valence-corrected chi connectivity index (χ3v) is 2.62. The largest absolute Gasteiger partial charge is 0.496 e. The minimum atomic E-state index is 0.389. The van der Waals surface area contributed by atoms with Crippen LogP contribution in [0.1, 0.15) is 5.56 Å². The summed E-state index contributed by atoms with van der Waals surface area (Å²) in [5.74, 6) is 2.61. The molecule has 0 fully saturated rings. The highest BCUT2D eigenvalue weighted by molar-refractivity contribution is 5.47. The Bertz CT molecular complexity index is 565. The Morgan fingerprint density at radius 3 is 2.11 bits per heavy atom. The normalized spacial score (nSPS) is 10.1. The Morgan fingerprint density at radius 2 is 1.53 bits per heavy atom. The fourth-order valence-electron chi connectivity index (χ4n) is 1.50. The van der Waals surface area contributed by atoms with Gasteiger partial charge in [0.15, 0.2) is 0 Å². The smallest absolute Gasteiger partial charge is 0.227 e. The lowest BCUT2D eigenvalue weighted by Gasteiger charge is -2.11. The Morgan fingerprint density at radius 1 is 0.947 bits per heavy atom. The van der Waals surface area contributed by atoms with Crippen LogP contribution in [-0.4, -0.2) is 24.2 Å². The summed E-state index contributed by atoms with van der Waals surface area (Å²) in [5, 5.41) is 0. The summed E-state index contributed by atoms with van der Waals surface area (Å²) in [6, 6.07) is 5.23. The molecule has 1 heterocycles. The molecule has 0 saturated carbocycles. The molecule has 0 aliphatic heterocycles. The monoisotopic (exact) mass is 261 g/mol. The summed E-state index contributed by atoms with van der Waals surface area (Å²) < 4.78 is 16.0. The third-order valence-electron chi connectivity index (χ3n) is 2.62. The molecule has 6 heteroatoms. The first-order valence-corrected chi connectivity index (χ1v) is 5.62. The van der Waals surface area contributed by atoms with Crippen molar-refractivity contribution in [2.75, 3.05) is 20.0 Å². The van der Waals surface area contributed by atoms with Crippen LogP contribution in [0.25, 0.3) is 0 Å². The summed E-state index contributed by atoms with van der Waals surface area (Å²) in [7, 11) is 3.15. The summed E-state index contributed by atoms with van der Waals surface area (Å²) in [5.41, 5.74) is 6.39. The highest BCUT2D eigenvalue weighted by Crippen LogP contribution is 2.31. The molecule has 1 aromatic carbocycles. The van der Waals surface area contributed by atoms with Crippen molar-refractivity contribution in [2.24, 2.45) is 0 Å². The van der Waals surface area contributed by atoms with Crippen LogP contribution >= 0.6 is 0 Å². The van der Waals surface area contributed by atoms with E-state index in [0.29, 0.717) is 34.5 Å². The molecule has 0 aliphatic carbocycles. The van der Waals surface area contributed by atoms with Crippen molar-refractivity contribution in [3.05, 3.63) is 30.1 Å². The highest BCUT2D eigenvalue weighted by Gasteiger charge is 2.09. The summed E-state index contributed by atoms with van der Waals surface area (Å²) in [6.45, 7) is 1.79. The van der Waals surface area contributed by atoms with E-state index in [1.807, 2.05) is 0 Å². The van der Waals surface area contributed by atoms with Gasteiger partial charge < -0.3 is 19.9 Å². The first-order valence-electron chi connectivity index (χ1n) is 5.62. The first-order chi connectivity index (χ1) is 9.13. The first kappa shape index (κ1) is 12.9. The second-order valence-electron chi connectivity index (χ2n) is 3.84. The molecule has 2 rings (SSSR count). The van der Waals surface area contributed by atoms with E-state index in [4.69, 9.17) is 19.9 Å². The molecular weight excluding hydrogens is 246 g/mol. The SMILES string of the molecule is COc1cc(OC)cc(Oc2ncnc(N)c2C)c1. The molecule has 0 spiro atoms. The van der Waals surface area contributed by atoms with E-state index in [-0.39, 0.29) is 0 Å². The molecule has 0 atom stereocenters. The predicted molar refractivity (Wildman–Crippen MR) is 70.8 cm³/mol. The van der Waals surface area contributed by atoms with Crippen LogP contribution in [-0.2, 0) is 0 Å². The molecule has 19 heavy (non-hydrogen) atoms. The van der Waals surface area contributed by atoms with Gasteiger partial charge in [0.05, 0.1) is 19.8 Å². The predicted octanol–water partition coefficient (Wildman–Crippen LogP) is 2.18. The molecule has 0 aliphatic rings. The standard InChI is InChI=1S/C13H15N3O3/c1-8-12(14)15-7-16-13(8)19-11-5-9(17-2)4-10(6-11)18-3/h4-7H,1-3H3,(H2,14,15,16). The Balaban J connectivity index is 2.34. The lowest BCUT2D eigenvalue weighted by atomic mass is 10.3. The zero-order valence-corrected chi connectivity index (χ0v) is 11.0. The molecule has 6 nitrogen and oxygen atoms in total. The maximum atomic E-state index is 5.71. The molecular formula is C13H15N3O3.